The summed E-state index contributed by atoms with van der Waals surface area (Å²) in [6.45, 7) is 3.33. The SMILES string of the molecule is CCCCNC1CC(c2cccc(F)c2)C1. The monoisotopic (exact) mass is 221 g/mol. The van der Waals surface area contributed by atoms with Gasteiger partial charge in [-0.1, -0.05) is 25.5 Å². The van der Waals surface area contributed by atoms with Gasteiger partial charge in [-0.25, -0.2) is 4.39 Å². The van der Waals surface area contributed by atoms with E-state index in [1.165, 1.54) is 18.9 Å². The van der Waals surface area contributed by atoms with E-state index in [1.807, 2.05) is 12.1 Å². The van der Waals surface area contributed by atoms with Gasteiger partial charge in [0.1, 0.15) is 5.82 Å². The summed E-state index contributed by atoms with van der Waals surface area (Å²) in [6, 6.07) is 7.68. The Balaban J connectivity index is 1.75. The maximum Gasteiger partial charge on any atom is 0.123 e. The lowest BCUT2D eigenvalue weighted by atomic mass is 9.76. The van der Waals surface area contributed by atoms with Crippen LogP contribution in [-0.2, 0) is 0 Å². The molecule has 0 amide bonds. The summed E-state index contributed by atoms with van der Waals surface area (Å²) in [5.74, 6) is 0.453. The molecule has 1 saturated carbocycles. The van der Waals surface area contributed by atoms with Gasteiger partial charge in [0.2, 0.25) is 0 Å². The van der Waals surface area contributed by atoms with Crippen molar-refractivity contribution in [1.29, 1.82) is 0 Å². The molecule has 0 aliphatic heterocycles. The molecule has 2 rings (SSSR count). The number of hydrogen-bond acceptors (Lipinski definition) is 1. The summed E-state index contributed by atoms with van der Waals surface area (Å²) in [6.07, 6.45) is 4.81. The Morgan fingerprint density at radius 3 is 2.88 bits per heavy atom. The zero-order chi connectivity index (χ0) is 11.4. The Kier molecular flexibility index (Phi) is 3.94. The van der Waals surface area contributed by atoms with Crippen LogP contribution in [0.4, 0.5) is 4.39 Å². The minimum atomic E-state index is -0.111. The van der Waals surface area contributed by atoms with E-state index < -0.39 is 0 Å². The summed E-state index contributed by atoms with van der Waals surface area (Å²) in [5, 5.41) is 3.54. The van der Waals surface area contributed by atoms with Crippen LogP contribution >= 0.6 is 0 Å². The van der Waals surface area contributed by atoms with Crippen LogP contribution in [0.25, 0.3) is 0 Å². The largest absolute Gasteiger partial charge is 0.314 e. The van der Waals surface area contributed by atoms with Gasteiger partial charge in [0.25, 0.3) is 0 Å². The Bertz CT molecular complexity index is 331. The quantitative estimate of drug-likeness (QED) is 0.751. The van der Waals surface area contributed by atoms with Crippen molar-refractivity contribution >= 4 is 0 Å². The van der Waals surface area contributed by atoms with E-state index in [2.05, 4.69) is 12.2 Å². The molecule has 0 radical (unpaired) electrons. The zero-order valence-electron chi connectivity index (χ0n) is 9.88. The molecule has 1 N–H and O–H groups in total. The predicted octanol–water partition coefficient (Wildman–Crippen LogP) is 3.46. The van der Waals surface area contributed by atoms with Crippen LogP contribution < -0.4 is 5.32 Å². The highest BCUT2D eigenvalue weighted by Crippen LogP contribution is 2.36. The van der Waals surface area contributed by atoms with Crippen molar-refractivity contribution < 1.29 is 4.39 Å². The first-order valence-corrected chi connectivity index (χ1v) is 6.28. The third kappa shape index (κ3) is 2.82. The fourth-order valence-corrected chi connectivity index (χ4v) is 2.30. The van der Waals surface area contributed by atoms with Gasteiger partial charge in [-0.15, -0.1) is 0 Å². The number of hydrogen-bond donors (Lipinski definition) is 1. The van der Waals surface area contributed by atoms with Crippen LogP contribution in [-0.4, -0.2) is 12.6 Å². The Labute approximate surface area is 97.1 Å². The summed E-state index contributed by atoms with van der Waals surface area (Å²) >= 11 is 0. The van der Waals surface area contributed by atoms with Gasteiger partial charge < -0.3 is 5.32 Å². The van der Waals surface area contributed by atoms with Crippen LogP contribution in [0.1, 0.15) is 44.1 Å². The first-order chi connectivity index (χ1) is 7.79. The van der Waals surface area contributed by atoms with Crippen molar-refractivity contribution in [2.45, 2.75) is 44.6 Å². The van der Waals surface area contributed by atoms with Crippen molar-refractivity contribution in [3.8, 4) is 0 Å². The van der Waals surface area contributed by atoms with Gasteiger partial charge >= 0.3 is 0 Å². The molecule has 1 aromatic carbocycles. The fraction of sp³-hybridized carbons (Fsp3) is 0.571. The molecule has 0 heterocycles. The second-order valence-electron chi connectivity index (χ2n) is 4.73. The van der Waals surface area contributed by atoms with Crippen molar-refractivity contribution in [3.63, 3.8) is 0 Å². The lowest BCUT2D eigenvalue weighted by Crippen LogP contribution is -2.40. The van der Waals surface area contributed by atoms with Crippen molar-refractivity contribution in [2.24, 2.45) is 0 Å². The molecule has 1 fully saturated rings. The van der Waals surface area contributed by atoms with Crippen LogP contribution in [0.3, 0.4) is 0 Å². The number of nitrogens with one attached hydrogen (secondary N) is 1. The average Bonchev–Trinajstić information content (AvgIpc) is 2.21. The van der Waals surface area contributed by atoms with Gasteiger partial charge in [0, 0.05) is 6.04 Å². The zero-order valence-corrected chi connectivity index (χ0v) is 9.88. The summed E-state index contributed by atoms with van der Waals surface area (Å²) in [4.78, 5) is 0. The third-order valence-corrected chi connectivity index (χ3v) is 3.42. The summed E-state index contributed by atoms with van der Waals surface area (Å²) in [7, 11) is 0. The molecule has 2 heteroatoms. The van der Waals surface area contributed by atoms with E-state index in [-0.39, 0.29) is 5.82 Å². The van der Waals surface area contributed by atoms with Gasteiger partial charge in [-0.05, 0) is 49.4 Å². The molecule has 1 aromatic rings. The van der Waals surface area contributed by atoms with Crippen LogP contribution in [0, 0.1) is 5.82 Å². The molecule has 88 valence electrons. The van der Waals surface area contributed by atoms with Gasteiger partial charge in [0.05, 0.1) is 0 Å². The van der Waals surface area contributed by atoms with E-state index in [4.69, 9.17) is 0 Å². The number of benzene rings is 1. The van der Waals surface area contributed by atoms with E-state index >= 15 is 0 Å². The number of halogens is 1. The highest BCUT2D eigenvalue weighted by atomic mass is 19.1. The first kappa shape index (κ1) is 11.6. The second-order valence-corrected chi connectivity index (χ2v) is 4.73. The van der Waals surface area contributed by atoms with Gasteiger partial charge in [-0.2, -0.15) is 0 Å². The highest BCUT2D eigenvalue weighted by Gasteiger charge is 2.29. The lowest BCUT2D eigenvalue weighted by Gasteiger charge is -2.36. The maximum atomic E-state index is 13.0. The Hall–Kier alpha value is -0.890. The van der Waals surface area contributed by atoms with Crippen LogP contribution in [0.15, 0.2) is 24.3 Å². The Morgan fingerprint density at radius 1 is 1.38 bits per heavy atom. The molecule has 1 nitrogen and oxygen atoms in total. The molecule has 0 atom stereocenters. The first-order valence-electron chi connectivity index (χ1n) is 6.28. The predicted molar refractivity (Wildman–Crippen MR) is 65.1 cm³/mol. The molecule has 0 bridgehead atoms. The molecule has 1 aliphatic rings. The second kappa shape index (κ2) is 5.44. The maximum absolute atomic E-state index is 13.0. The van der Waals surface area contributed by atoms with Gasteiger partial charge in [-0.3, -0.25) is 0 Å². The van der Waals surface area contributed by atoms with E-state index in [0.717, 1.165) is 24.9 Å². The smallest absolute Gasteiger partial charge is 0.123 e. The Morgan fingerprint density at radius 2 is 2.19 bits per heavy atom. The third-order valence-electron chi connectivity index (χ3n) is 3.42. The molecule has 0 spiro atoms. The molecule has 16 heavy (non-hydrogen) atoms. The van der Waals surface area contributed by atoms with E-state index in [0.29, 0.717) is 12.0 Å². The molecular weight excluding hydrogens is 201 g/mol. The van der Waals surface area contributed by atoms with E-state index in [1.54, 1.807) is 6.07 Å². The number of rotatable bonds is 5. The molecular formula is C14H20FN. The topological polar surface area (TPSA) is 12.0 Å². The molecule has 0 saturated heterocycles. The minimum Gasteiger partial charge on any atom is -0.314 e. The fourth-order valence-electron chi connectivity index (χ4n) is 2.30. The van der Waals surface area contributed by atoms with Crippen molar-refractivity contribution in [3.05, 3.63) is 35.6 Å². The van der Waals surface area contributed by atoms with Gasteiger partial charge in [0.15, 0.2) is 0 Å². The molecule has 0 unspecified atom stereocenters. The molecule has 1 aliphatic carbocycles. The minimum absolute atomic E-state index is 0.111. The standard InChI is InChI=1S/C14H20FN/c1-2-3-7-16-14-9-12(10-14)11-5-4-6-13(15)8-11/h4-6,8,12,14,16H,2-3,7,9-10H2,1H3. The van der Waals surface area contributed by atoms with Crippen LogP contribution in [0.5, 0.6) is 0 Å². The van der Waals surface area contributed by atoms with E-state index in [9.17, 15) is 4.39 Å². The van der Waals surface area contributed by atoms with Crippen molar-refractivity contribution in [2.75, 3.05) is 6.54 Å². The normalized spacial score (nSPS) is 24.1. The highest BCUT2D eigenvalue weighted by molar-refractivity contribution is 5.23. The van der Waals surface area contributed by atoms with Crippen LogP contribution in [0.2, 0.25) is 0 Å². The lowest BCUT2D eigenvalue weighted by molar-refractivity contribution is 0.290. The summed E-state index contributed by atoms with van der Waals surface area (Å²) < 4.78 is 13.0. The summed E-state index contributed by atoms with van der Waals surface area (Å²) in [5.41, 5.74) is 1.16. The average molecular weight is 221 g/mol. The van der Waals surface area contributed by atoms with Crippen molar-refractivity contribution in [1.82, 2.24) is 5.32 Å². The number of unbranched alkanes of at least 4 members (excludes halogenated alkanes) is 1. The molecule has 0 aromatic heterocycles.